The highest BCUT2D eigenvalue weighted by Gasteiger charge is 2.31. The maximum absolute atomic E-state index is 7.50. The number of benzene rings is 11. The zero-order valence-corrected chi connectivity index (χ0v) is 56.0. The standard InChI is InChI=1S/C89H88N2O2/c1-11-65-82(90(63-46-42-61(43-47-63)59-26-14-12-15-27-59)80-40-24-38-75-73-36-22-34-71(86(73)92-88(75)80)68-32-20-18-30-66(68)54(2)3)53-79(57(8)9)70-50-51-77-83(52-78(56(6)7)58(10)84(77)85(65)70)91(64-48-44-62(45-49-64)60-28-16-13-17-29-60)81-41-25-39-76-74-37-23-35-72(87(74)93-89(76)81)69-33-21-19-31-67(69)55(4)5/h11,18-25,30-57,59-60H,1,12-17,26-29H2,2-10H3. The van der Waals surface area contributed by atoms with Gasteiger partial charge in [0.25, 0.3) is 0 Å². The first-order chi connectivity index (χ1) is 45.4. The molecule has 0 spiro atoms. The molecule has 4 nitrogen and oxygen atoms in total. The molecule has 466 valence electrons. The summed E-state index contributed by atoms with van der Waals surface area (Å²) in [4.78, 5) is 5.05. The summed E-state index contributed by atoms with van der Waals surface area (Å²) in [5, 5.41) is 9.29. The van der Waals surface area contributed by atoms with E-state index in [0.717, 1.165) is 94.7 Å². The monoisotopic (exact) mass is 1220 g/mol. The van der Waals surface area contributed by atoms with Crippen molar-refractivity contribution in [2.75, 3.05) is 9.80 Å². The second-order valence-corrected chi connectivity index (χ2v) is 28.3. The Kier molecular flexibility index (Phi) is 16.0. The number of aryl methyl sites for hydroxylation is 1. The van der Waals surface area contributed by atoms with Crippen LogP contribution >= 0.6 is 0 Å². The Hall–Kier alpha value is -9.12. The molecule has 0 amide bonds. The van der Waals surface area contributed by atoms with Crippen LogP contribution in [0, 0.1) is 6.92 Å². The van der Waals surface area contributed by atoms with Gasteiger partial charge in [-0.1, -0.05) is 252 Å². The third kappa shape index (κ3) is 10.4. The van der Waals surface area contributed by atoms with Crippen molar-refractivity contribution < 1.29 is 8.83 Å². The van der Waals surface area contributed by atoms with Crippen LogP contribution in [0.2, 0.25) is 0 Å². The molecule has 2 fully saturated rings. The van der Waals surface area contributed by atoms with Gasteiger partial charge >= 0.3 is 0 Å². The Morgan fingerprint density at radius 3 is 1.20 bits per heavy atom. The number of furan rings is 2. The predicted octanol–water partition coefficient (Wildman–Crippen LogP) is 27.6. The van der Waals surface area contributed by atoms with Crippen molar-refractivity contribution >= 4 is 106 Å². The minimum Gasteiger partial charge on any atom is -0.453 e. The van der Waals surface area contributed by atoms with Crippen molar-refractivity contribution in [3.8, 4) is 22.3 Å². The molecule has 2 aliphatic rings. The smallest absolute Gasteiger partial charge is 0.159 e. The van der Waals surface area contributed by atoms with Crippen molar-refractivity contribution in [1.82, 2.24) is 0 Å². The number of hydrogen-bond acceptors (Lipinski definition) is 4. The number of anilines is 6. The molecule has 2 saturated carbocycles. The molecule has 0 N–H and O–H groups in total. The van der Waals surface area contributed by atoms with Gasteiger partial charge in [-0.25, -0.2) is 0 Å². The van der Waals surface area contributed by atoms with Crippen LogP contribution in [0.3, 0.4) is 0 Å². The largest absolute Gasteiger partial charge is 0.453 e. The fourth-order valence-corrected chi connectivity index (χ4v) is 16.6. The molecule has 4 heteroatoms. The highest BCUT2D eigenvalue weighted by Crippen LogP contribution is 2.54. The lowest BCUT2D eigenvalue weighted by Gasteiger charge is -2.32. The Bertz CT molecular complexity index is 4980. The fraction of sp³-hybridized carbons (Fsp3) is 0.281. The van der Waals surface area contributed by atoms with E-state index in [4.69, 9.17) is 15.4 Å². The molecule has 15 rings (SSSR count). The van der Waals surface area contributed by atoms with E-state index in [1.54, 1.807) is 0 Å². The van der Waals surface area contributed by atoms with E-state index in [1.807, 2.05) is 0 Å². The topological polar surface area (TPSA) is 32.8 Å². The molecular formula is C89H88N2O2. The summed E-state index contributed by atoms with van der Waals surface area (Å²) in [6, 6.07) is 73.7. The maximum Gasteiger partial charge on any atom is 0.159 e. The van der Waals surface area contributed by atoms with Crippen LogP contribution in [-0.4, -0.2) is 0 Å². The zero-order chi connectivity index (χ0) is 63.8. The Morgan fingerprint density at radius 2 is 0.753 bits per heavy atom. The van der Waals surface area contributed by atoms with Gasteiger partial charge in [-0.3, -0.25) is 0 Å². The van der Waals surface area contributed by atoms with Crippen molar-refractivity contribution in [3.05, 3.63) is 245 Å². The van der Waals surface area contributed by atoms with Crippen LogP contribution in [0.15, 0.2) is 210 Å². The first kappa shape index (κ1) is 60.1. The van der Waals surface area contributed by atoms with Gasteiger partial charge in [-0.15, -0.1) is 0 Å². The van der Waals surface area contributed by atoms with Crippen LogP contribution in [0.4, 0.5) is 34.1 Å². The Morgan fingerprint density at radius 1 is 0.355 bits per heavy atom. The molecule has 2 aliphatic carbocycles. The quantitative estimate of drug-likeness (QED) is 0.0958. The van der Waals surface area contributed by atoms with Crippen LogP contribution in [0.5, 0.6) is 0 Å². The van der Waals surface area contributed by atoms with E-state index in [0.29, 0.717) is 23.7 Å². The minimum absolute atomic E-state index is 0.180. The van der Waals surface area contributed by atoms with E-state index >= 15 is 0 Å². The van der Waals surface area contributed by atoms with E-state index in [9.17, 15) is 0 Å². The van der Waals surface area contributed by atoms with E-state index in [1.165, 1.54) is 136 Å². The summed E-state index contributed by atoms with van der Waals surface area (Å²) in [5.74, 6) is 2.21. The van der Waals surface area contributed by atoms with Crippen molar-refractivity contribution in [3.63, 3.8) is 0 Å². The van der Waals surface area contributed by atoms with Crippen LogP contribution in [0.1, 0.15) is 200 Å². The van der Waals surface area contributed by atoms with Crippen LogP contribution in [-0.2, 0) is 0 Å². The average Bonchev–Trinajstić information content (AvgIpc) is 1.45. The van der Waals surface area contributed by atoms with Crippen LogP contribution in [0.25, 0.3) is 93.8 Å². The first-order valence-electron chi connectivity index (χ1n) is 34.9. The van der Waals surface area contributed by atoms with Gasteiger partial charge in [0.1, 0.15) is 11.2 Å². The molecule has 93 heavy (non-hydrogen) atoms. The van der Waals surface area contributed by atoms with Crippen molar-refractivity contribution in [2.24, 2.45) is 0 Å². The SMILES string of the molecule is C=Cc1c(N(c2ccc(C3CCCCC3)cc2)c2cccc3c2oc2c(-c4ccccc4C(C)C)cccc23)cc(C(C)C)c2ccc3c(N(c4ccc(C5CCCCC5)cc4)c4cccc5c4oc4c(-c6ccccc6C(C)C)cccc45)cc(C(C)C)c(C)c3c12. The summed E-state index contributed by atoms with van der Waals surface area (Å²) in [5.41, 5.74) is 25.0. The van der Waals surface area contributed by atoms with Gasteiger partial charge in [0, 0.05) is 55.0 Å². The summed E-state index contributed by atoms with van der Waals surface area (Å²) in [6.07, 6.45) is 14.9. The van der Waals surface area contributed by atoms with Gasteiger partial charge in [0.15, 0.2) is 11.2 Å². The van der Waals surface area contributed by atoms with Crippen molar-refractivity contribution in [2.45, 2.75) is 162 Å². The van der Waals surface area contributed by atoms with E-state index < -0.39 is 0 Å². The predicted molar refractivity (Wildman–Crippen MR) is 399 cm³/mol. The highest BCUT2D eigenvalue weighted by atomic mass is 16.3. The number of rotatable bonds is 15. The molecular weight excluding hydrogens is 1130 g/mol. The molecule has 2 aromatic heterocycles. The average molecular weight is 1220 g/mol. The lowest BCUT2D eigenvalue weighted by atomic mass is 9.83. The number of fused-ring (bicyclic) bond motifs is 9. The molecule has 13 aromatic rings. The molecule has 11 aromatic carbocycles. The van der Waals surface area contributed by atoms with Crippen molar-refractivity contribution in [1.29, 1.82) is 0 Å². The summed E-state index contributed by atoms with van der Waals surface area (Å²) in [7, 11) is 0. The van der Waals surface area contributed by atoms with Crippen LogP contribution < -0.4 is 9.80 Å². The molecule has 0 saturated heterocycles. The summed E-state index contributed by atoms with van der Waals surface area (Å²) in [6.45, 7) is 25.8. The second-order valence-electron chi connectivity index (χ2n) is 28.3. The van der Waals surface area contributed by atoms with E-state index in [-0.39, 0.29) is 11.8 Å². The number of para-hydroxylation sites is 4. The first-order valence-corrected chi connectivity index (χ1v) is 34.9. The molecule has 0 unspecified atom stereocenters. The second kappa shape index (κ2) is 24.7. The van der Waals surface area contributed by atoms with Gasteiger partial charge in [0.05, 0.1) is 22.7 Å². The van der Waals surface area contributed by atoms with Gasteiger partial charge < -0.3 is 18.6 Å². The fourth-order valence-electron chi connectivity index (χ4n) is 16.6. The van der Waals surface area contributed by atoms with Gasteiger partial charge in [0.2, 0.25) is 0 Å². The summed E-state index contributed by atoms with van der Waals surface area (Å²) >= 11 is 0. The normalized spacial score (nSPS) is 14.4. The number of hydrogen-bond donors (Lipinski definition) is 0. The van der Waals surface area contributed by atoms with E-state index in [2.05, 4.69) is 272 Å². The van der Waals surface area contributed by atoms with Gasteiger partial charge in [-0.2, -0.15) is 0 Å². The summed E-state index contributed by atoms with van der Waals surface area (Å²) < 4.78 is 15.0. The Balaban J connectivity index is 1.01. The third-order valence-electron chi connectivity index (χ3n) is 21.4. The zero-order valence-electron chi connectivity index (χ0n) is 56.0. The molecule has 0 radical (unpaired) electrons. The molecule has 0 aliphatic heterocycles. The lowest BCUT2D eigenvalue weighted by molar-refractivity contribution is 0.443. The third-order valence-corrected chi connectivity index (χ3v) is 21.4. The molecule has 2 heterocycles. The Labute approximate surface area is 550 Å². The molecule has 0 atom stereocenters. The molecule has 0 bridgehead atoms. The number of nitrogens with zero attached hydrogens (tertiary/aromatic N) is 2. The minimum atomic E-state index is 0.180. The lowest BCUT2D eigenvalue weighted by Crippen LogP contribution is -2.14. The maximum atomic E-state index is 7.50. The highest BCUT2D eigenvalue weighted by molar-refractivity contribution is 6.22. The van der Waals surface area contributed by atoms with Gasteiger partial charge in [-0.05, 0) is 183 Å².